The number of hydrogen-bond donors (Lipinski definition) is 0. The predicted molar refractivity (Wildman–Crippen MR) is 82.0 cm³/mol. The number of fused-ring (bicyclic) bond motifs is 2. The summed E-state index contributed by atoms with van der Waals surface area (Å²) in [5, 5.41) is 0. The van der Waals surface area contributed by atoms with E-state index < -0.39 is 0 Å². The number of carbonyl (C=O) groups is 1. The number of Topliss-reactive ketones (excluding diaryl/α,β-unsaturated/α-hetero) is 1. The third-order valence-corrected chi connectivity index (χ3v) is 5.61. The van der Waals surface area contributed by atoms with Gasteiger partial charge < -0.3 is 4.90 Å². The highest BCUT2D eigenvalue weighted by Crippen LogP contribution is 2.47. The fraction of sp³-hybridized carbons (Fsp3) is 0.611. The van der Waals surface area contributed by atoms with Crippen molar-refractivity contribution in [2.75, 3.05) is 7.05 Å². The first-order valence-electron chi connectivity index (χ1n) is 7.89. The lowest BCUT2D eigenvalue weighted by Crippen LogP contribution is -2.51. The van der Waals surface area contributed by atoms with Crippen LogP contribution < -0.4 is 0 Å². The quantitative estimate of drug-likeness (QED) is 0.839. The van der Waals surface area contributed by atoms with Gasteiger partial charge in [-0.25, -0.2) is 0 Å². The summed E-state index contributed by atoms with van der Waals surface area (Å²) in [6, 6.07) is 9.86. The molecule has 0 radical (unpaired) electrons. The first-order valence-corrected chi connectivity index (χ1v) is 7.89. The highest BCUT2D eigenvalue weighted by molar-refractivity contribution is 5.90. The van der Waals surface area contributed by atoms with Crippen LogP contribution in [0.15, 0.2) is 24.3 Å². The molecular weight excluding hydrogens is 246 g/mol. The van der Waals surface area contributed by atoms with Crippen molar-refractivity contribution < 1.29 is 4.79 Å². The van der Waals surface area contributed by atoms with Gasteiger partial charge in [-0.3, -0.25) is 4.79 Å². The Morgan fingerprint density at radius 2 is 1.75 bits per heavy atom. The standard InChI is InChI=1S/C18H25NO/c1-4-17(20)18(14-7-5-13(2)6-8-14)11-15-9-10-16(12-18)19(15)3/h5-8,15-16H,4,9-12H2,1-3H3. The molecule has 2 atom stereocenters. The molecule has 2 nitrogen and oxygen atoms in total. The van der Waals surface area contributed by atoms with Gasteiger partial charge in [0.1, 0.15) is 5.78 Å². The molecule has 0 aromatic heterocycles. The summed E-state index contributed by atoms with van der Waals surface area (Å²) in [7, 11) is 2.23. The molecule has 2 unspecified atom stereocenters. The SMILES string of the molecule is CCC(=O)C1(c2ccc(C)cc2)CC2CCC(C1)N2C. The lowest BCUT2D eigenvalue weighted by atomic mass is 9.66. The van der Waals surface area contributed by atoms with Crippen LogP contribution in [0.3, 0.4) is 0 Å². The zero-order valence-electron chi connectivity index (χ0n) is 12.9. The molecule has 108 valence electrons. The van der Waals surface area contributed by atoms with Gasteiger partial charge in [0, 0.05) is 18.5 Å². The number of piperidine rings is 1. The van der Waals surface area contributed by atoms with Crippen LogP contribution in [0.1, 0.15) is 50.2 Å². The summed E-state index contributed by atoms with van der Waals surface area (Å²) in [6.45, 7) is 4.12. The van der Waals surface area contributed by atoms with Gasteiger partial charge in [0.15, 0.2) is 0 Å². The maximum absolute atomic E-state index is 12.8. The molecular formula is C18H25NO. The van der Waals surface area contributed by atoms with E-state index in [-0.39, 0.29) is 5.41 Å². The lowest BCUT2D eigenvalue weighted by molar-refractivity contribution is -0.127. The van der Waals surface area contributed by atoms with Crippen molar-refractivity contribution in [2.24, 2.45) is 0 Å². The fourth-order valence-electron chi connectivity index (χ4n) is 4.31. The highest BCUT2D eigenvalue weighted by atomic mass is 16.1. The Hall–Kier alpha value is -1.15. The van der Waals surface area contributed by atoms with Gasteiger partial charge in [0.2, 0.25) is 0 Å². The van der Waals surface area contributed by atoms with Gasteiger partial charge >= 0.3 is 0 Å². The molecule has 1 aromatic carbocycles. The van der Waals surface area contributed by atoms with E-state index in [4.69, 9.17) is 0 Å². The maximum atomic E-state index is 12.8. The Morgan fingerprint density at radius 1 is 1.20 bits per heavy atom. The van der Waals surface area contributed by atoms with E-state index in [1.54, 1.807) is 0 Å². The average molecular weight is 271 g/mol. The first kappa shape index (κ1) is 13.8. The van der Waals surface area contributed by atoms with Gasteiger partial charge in [-0.1, -0.05) is 36.8 Å². The fourth-order valence-corrected chi connectivity index (χ4v) is 4.31. The minimum absolute atomic E-state index is 0.221. The molecule has 20 heavy (non-hydrogen) atoms. The molecule has 2 heterocycles. The van der Waals surface area contributed by atoms with E-state index >= 15 is 0 Å². The normalized spacial score (nSPS) is 33.4. The molecule has 2 saturated heterocycles. The topological polar surface area (TPSA) is 20.3 Å². The number of nitrogens with zero attached hydrogens (tertiary/aromatic N) is 1. The number of aryl methyl sites for hydroxylation is 1. The van der Waals surface area contributed by atoms with E-state index in [1.165, 1.54) is 24.0 Å². The minimum Gasteiger partial charge on any atom is -0.300 e. The summed E-state index contributed by atoms with van der Waals surface area (Å²) < 4.78 is 0. The van der Waals surface area contributed by atoms with E-state index in [1.807, 2.05) is 6.92 Å². The molecule has 0 N–H and O–H groups in total. The molecule has 2 aliphatic rings. The largest absolute Gasteiger partial charge is 0.300 e. The third kappa shape index (κ3) is 2.01. The van der Waals surface area contributed by atoms with Crippen LogP contribution in [0, 0.1) is 6.92 Å². The zero-order chi connectivity index (χ0) is 14.3. The van der Waals surface area contributed by atoms with Crippen molar-refractivity contribution in [3.05, 3.63) is 35.4 Å². The molecule has 1 aromatic rings. The Bertz CT molecular complexity index is 491. The summed E-state index contributed by atoms with van der Waals surface area (Å²) >= 11 is 0. The first-order chi connectivity index (χ1) is 9.56. The van der Waals surface area contributed by atoms with Crippen molar-refractivity contribution >= 4 is 5.78 Å². The van der Waals surface area contributed by atoms with E-state index in [9.17, 15) is 4.79 Å². The van der Waals surface area contributed by atoms with Crippen LogP contribution >= 0.6 is 0 Å². The zero-order valence-corrected chi connectivity index (χ0v) is 12.9. The number of hydrogen-bond acceptors (Lipinski definition) is 2. The smallest absolute Gasteiger partial charge is 0.143 e. The number of ketones is 1. The van der Waals surface area contributed by atoms with Crippen molar-refractivity contribution in [2.45, 2.75) is 63.5 Å². The van der Waals surface area contributed by atoms with Crippen LogP contribution in [-0.2, 0) is 10.2 Å². The minimum atomic E-state index is -0.221. The molecule has 2 heteroatoms. The number of rotatable bonds is 3. The molecule has 0 aliphatic carbocycles. The lowest BCUT2D eigenvalue weighted by Gasteiger charge is -2.44. The molecule has 0 saturated carbocycles. The summed E-state index contributed by atoms with van der Waals surface area (Å²) in [4.78, 5) is 15.3. The summed E-state index contributed by atoms with van der Waals surface area (Å²) in [5.74, 6) is 0.436. The second kappa shape index (κ2) is 5.00. The second-order valence-corrected chi connectivity index (χ2v) is 6.68. The van der Waals surface area contributed by atoms with Crippen LogP contribution in [-0.4, -0.2) is 29.8 Å². The van der Waals surface area contributed by atoms with Gasteiger partial charge in [0.25, 0.3) is 0 Å². The predicted octanol–water partition coefficient (Wildman–Crippen LogP) is 3.47. The highest BCUT2D eigenvalue weighted by Gasteiger charge is 2.50. The van der Waals surface area contributed by atoms with E-state index in [0.717, 1.165) is 12.8 Å². The van der Waals surface area contributed by atoms with Crippen LogP contribution in [0.5, 0.6) is 0 Å². The molecule has 0 amide bonds. The van der Waals surface area contributed by atoms with Gasteiger partial charge in [-0.15, -0.1) is 0 Å². The molecule has 2 aliphatic heterocycles. The monoisotopic (exact) mass is 271 g/mol. The molecule has 2 fully saturated rings. The Labute approximate surface area is 122 Å². The Kier molecular flexibility index (Phi) is 3.45. The molecule has 0 spiro atoms. The van der Waals surface area contributed by atoms with Gasteiger partial charge in [0.05, 0.1) is 5.41 Å². The van der Waals surface area contributed by atoms with Gasteiger partial charge in [-0.2, -0.15) is 0 Å². The molecule has 2 bridgehead atoms. The van der Waals surface area contributed by atoms with E-state index in [2.05, 4.69) is 43.1 Å². The maximum Gasteiger partial charge on any atom is 0.143 e. The van der Waals surface area contributed by atoms with Crippen LogP contribution in [0.2, 0.25) is 0 Å². The summed E-state index contributed by atoms with van der Waals surface area (Å²) in [5.41, 5.74) is 2.30. The summed E-state index contributed by atoms with van der Waals surface area (Å²) in [6.07, 6.45) is 5.18. The van der Waals surface area contributed by atoms with Crippen molar-refractivity contribution in [3.63, 3.8) is 0 Å². The second-order valence-electron chi connectivity index (χ2n) is 6.68. The molecule has 3 rings (SSSR count). The Balaban J connectivity index is 2.02. The van der Waals surface area contributed by atoms with Crippen molar-refractivity contribution in [1.82, 2.24) is 4.90 Å². The third-order valence-electron chi connectivity index (χ3n) is 5.61. The Morgan fingerprint density at radius 3 is 2.25 bits per heavy atom. The van der Waals surface area contributed by atoms with Crippen LogP contribution in [0.25, 0.3) is 0 Å². The number of benzene rings is 1. The van der Waals surface area contributed by atoms with Crippen molar-refractivity contribution in [3.8, 4) is 0 Å². The van der Waals surface area contributed by atoms with Gasteiger partial charge in [-0.05, 0) is 45.2 Å². The number of carbonyl (C=O) groups excluding carboxylic acids is 1. The van der Waals surface area contributed by atoms with Crippen LogP contribution in [0.4, 0.5) is 0 Å². The average Bonchev–Trinajstić information content (AvgIpc) is 2.68. The van der Waals surface area contributed by atoms with E-state index in [0.29, 0.717) is 24.3 Å². The van der Waals surface area contributed by atoms with Crippen molar-refractivity contribution in [1.29, 1.82) is 0 Å².